The Labute approximate surface area is 125 Å². The van der Waals surface area contributed by atoms with Crippen LogP contribution < -0.4 is 15.4 Å². The summed E-state index contributed by atoms with van der Waals surface area (Å²) in [4.78, 5) is 27.4. The van der Waals surface area contributed by atoms with Gasteiger partial charge in [-0.05, 0) is 0 Å². The van der Waals surface area contributed by atoms with E-state index in [1.807, 2.05) is 0 Å². The fourth-order valence-electron chi connectivity index (χ4n) is 2.11. The number of nitrogens with one attached hydrogen (secondary N) is 3. The molecule has 1 aliphatic rings. The molecule has 0 spiro atoms. The van der Waals surface area contributed by atoms with Gasteiger partial charge in [0.2, 0.25) is 17.7 Å². The summed E-state index contributed by atoms with van der Waals surface area (Å²) in [5.41, 5.74) is 1.89. The third-order valence-corrected chi connectivity index (χ3v) is 3.36. The molecule has 21 heavy (non-hydrogen) atoms. The van der Waals surface area contributed by atoms with Crippen molar-refractivity contribution in [3.05, 3.63) is 28.9 Å². The van der Waals surface area contributed by atoms with E-state index in [0.29, 0.717) is 13.0 Å². The fourth-order valence-corrected chi connectivity index (χ4v) is 2.28. The molecule has 0 fully saturated rings. The minimum atomic E-state index is -0.394. The number of aromatic nitrogens is 4. The summed E-state index contributed by atoms with van der Waals surface area (Å²) in [7, 11) is 1.46. The SMILES string of the molecule is COc1cc(Cl)nc(NC(=O)C2Cc3nc[nH]c3CN2)n1. The number of ether oxygens (including phenoxy) is 1. The molecule has 0 saturated heterocycles. The normalized spacial score (nSPS) is 17.1. The van der Waals surface area contributed by atoms with Crippen LogP contribution in [-0.4, -0.2) is 39.0 Å². The molecule has 2 aromatic rings. The van der Waals surface area contributed by atoms with Crippen LogP contribution in [0.4, 0.5) is 5.95 Å². The van der Waals surface area contributed by atoms with E-state index >= 15 is 0 Å². The van der Waals surface area contributed by atoms with Gasteiger partial charge in [-0.1, -0.05) is 11.6 Å². The minimum Gasteiger partial charge on any atom is -0.481 e. The van der Waals surface area contributed by atoms with Crippen LogP contribution in [0.5, 0.6) is 5.88 Å². The van der Waals surface area contributed by atoms with E-state index in [0.717, 1.165) is 11.4 Å². The van der Waals surface area contributed by atoms with Crippen molar-refractivity contribution in [1.29, 1.82) is 0 Å². The summed E-state index contributed by atoms with van der Waals surface area (Å²) < 4.78 is 4.98. The molecule has 1 atom stereocenters. The lowest BCUT2D eigenvalue weighted by atomic mass is 10.1. The molecule has 3 rings (SSSR count). The van der Waals surface area contributed by atoms with Gasteiger partial charge in [0.15, 0.2) is 0 Å². The highest BCUT2D eigenvalue weighted by atomic mass is 35.5. The first-order chi connectivity index (χ1) is 10.2. The van der Waals surface area contributed by atoms with Crippen molar-refractivity contribution in [2.24, 2.45) is 0 Å². The van der Waals surface area contributed by atoms with E-state index in [1.165, 1.54) is 13.2 Å². The number of carbonyl (C=O) groups excluding carboxylic acids is 1. The van der Waals surface area contributed by atoms with Gasteiger partial charge in [-0.15, -0.1) is 0 Å². The van der Waals surface area contributed by atoms with Gasteiger partial charge in [0.05, 0.1) is 30.9 Å². The summed E-state index contributed by atoms with van der Waals surface area (Å²) >= 11 is 5.84. The molecule has 0 aromatic carbocycles. The van der Waals surface area contributed by atoms with Crippen LogP contribution in [0.1, 0.15) is 11.4 Å². The predicted molar refractivity (Wildman–Crippen MR) is 75.1 cm³/mol. The Morgan fingerprint density at radius 2 is 2.38 bits per heavy atom. The first kappa shape index (κ1) is 13.8. The number of halogens is 1. The van der Waals surface area contributed by atoms with E-state index in [4.69, 9.17) is 16.3 Å². The molecule has 9 heteroatoms. The van der Waals surface area contributed by atoms with Gasteiger partial charge in [0, 0.05) is 19.0 Å². The molecule has 1 amide bonds. The van der Waals surface area contributed by atoms with Gasteiger partial charge in [0.25, 0.3) is 0 Å². The van der Waals surface area contributed by atoms with Crippen molar-refractivity contribution in [3.63, 3.8) is 0 Å². The van der Waals surface area contributed by atoms with Gasteiger partial charge < -0.3 is 9.72 Å². The predicted octanol–water partition coefficient (Wildman–Crippen LogP) is 0.515. The van der Waals surface area contributed by atoms with E-state index in [-0.39, 0.29) is 22.9 Å². The zero-order valence-electron chi connectivity index (χ0n) is 11.2. The molecule has 0 radical (unpaired) electrons. The number of aromatic amines is 1. The number of rotatable bonds is 3. The van der Waals surface area contributed by atoms with Crippen molar-refractivity contribution in [1.82, 2.24) is 25.3 Å². The maximum atomic E-state index is 12.2. The minimum absolute atomic E-state index is 0.110. The molecular weight excluding hydrogens is 296 g/mol. The maximum absolute atomic E-state index is 12.2. The van der Waals surface area contributed by atoms with E-state index in [9.17, 15) is 4.79 Å². The summed E-state index contributed by atoms with van der Waals surface area (Å²) in [6.07, 6.45) is 2.12. The molecule has 0 bridgehead atoms. The number of anilines is 1. The number of hydrogen-bond acceptors (Lipinski definition) is 6. The lowest BCUT2D eigenvalue weighted by molar-refractivity contribution is -0.118. The van der Waals surface area contributed by atoms with Crippen molar-refractivity contribution < 1.29 is 9.53 Å². The number of fused-ring (bicyclic) bond motifs is 1. The first-order valence-corrected chi connectivity index (χ1v) is 6.67. The molecule has 8 nitrogen and oxygen atoms in total. The molecular formula is C12H13ClN6O2. The number of methoxy groups -OCH3 is 1. The molecule has 1 aliphatic heterocycles. The maximum Gasteiger partial charge on any atom is 0.244 e. The quantitative estimate of drug-likeness (QED) is 0.714. The van der Waals surface area contributed by atoms with Crippen LogP contribution in [0, 0.1) is 0 Å². The number of carbonyl (C=O) groups is 1. The van der Waals surface area contributed by atoms with Crippen molar-refractivity contribution >= 4 is 23.5 Å². The van der Waals surface area contributed by atoms with E-state index < -0.39 is 6.04 Å². The second-order valence-corrected chi connectivity index (χ2v) is 4.90. The Morgan fingerprint density at radius 3 is 3.19 bits per heavy atom. The Hall–Kier alpha value is -2.19. The van der Waals surface area contributed by atoms with Crippen LogP contribution in [0.3, 0.4) is 0 Å². The average molecular weight is 309 g/mol. The third kappa shape index (κ3) is 2.96. The second kappa shape index (κ2) is 5.66. The summed E-state index contributed by atoms with van der Waals surface area (Å²) in [5, 5.41) is 5.94. The average Bonchev–Trinajstić information content (AvgIpc) is 2.93. The molecule has 0 saturated carbocycles. The Balaban J connectivity index is 1.71. The summed E-state index contributed by atoms with van der Waals surface area (Å²) in [6, 6.07) is 1.07. The zero-order chi connectivity index (χ0) is 14.8. The Kier molecular flexibility index (Phi) is 3.72. The smallest absolute Gasteiger partial charge is 0.244 e. The van der Waals surface area contributed by atoms with Crippen molar-refractivity contribution in [3.8, 4) is 5.88 Å². The molecule has 1 unspecified atom stereocenters. The summed E-state index contributed by atoms with van der Waals surface area (Å²) in [6.45, 7) is 0.563. The van der Waals surface area contributed by atoms with Crippen LogP contribution >= 0.6 is 11.6 Å². The fraction of sp³-hybridized carbons (Fsp3) is 0.333. The lowest BCUT2D eigenvalue weighted by Crippen LogP contribution is -2.45. The third-order valence-electron chi connectivity index (χ3n) is 3.16. The van der Waals surface area contributed by atoms with E-state index in [1.54, 1.807) is 6.33 Å². The Morgan fingerprint density at radius 1 is 1.52 bits per heavy atom. The van der Waals surface area contributed by atoms with Gasteiger partial charge in [-0.25, -0.2) is 9.97 Å². The number of hydrogen-bond donors (Lipinski definition) is 3. The highest BCUT2D eigenvalue weighted by Crippen LogP contribution is 2.17. The monoisotopic (exact) mass is 308 g/mol. The topological polar surface area (TPSA) is 105 Å². The number of amides is 1. The van der Waals surface area contributed by atoms with Crippen molar-refractivity contribution in [2.45, 2.75) is 19.0 Å². The summed E-state index contributed by atoms with van der Waals surface area (Å²) in [5.74, 6) is 0.156. The lowest BCUT2D eigenvalue weighted by Gasteiger charge is -2.21. The highest BCUT2D eigenvalue weighted by Gasteiger charge is 2.26. The number of H-pyrrole nitrogens is 1. The van der Waals surface area contributed by atoms with Crippen LogP contribution in [0.25, 0.3) is 0 Å². The first-order valence-electron chi connectivity index (χ1n) is 6.29. The number of imidazole rings is 1. The largest absolute Gasteiger partial charge is 0.481 e. The zero-order valence-corrected chi connectivity index (χ0v) is 11.9. The van der Waals surface area contributed by atoms with Crippen LogP contribution in [-0.2, 0) is 17.8 Å². The van der Waals surface area contributed by atoms with Gasteiger partial charge in [-0.2, -0.15) is 4.98 Å². The van der Waals surface area contributed by atoms with Crippen LogP contribution in [0.2, 0.25) is 5.15 Å². The van der Waals surface area contributed by atoms with Crippen molar-refractivity contribution in [2.75, 3.05) is 12.4 Å². The van der Waals surface area contributed by atoms with E-state index in [2.05, 4.69) is 30.6 Å². The Bertz CT molecular complexity index is 674. The van der Waals surface area contributed by atoms with Gasteiger partial charge in [-0.3, -0.25) is 15.4 Å². The molecule has 2 aromatic heterocycles. The number of nitrogens with zero attached hydrogens (tertiary/aromatic N) is 3. The highest BCUT2D eigenvalue weighted by molar-refractivity contribution is 6.29. The molecule has 110 valence electrons. The molecule has 3 N–H and O–H groups in total. The van der Waals surface area contributed by atoms with Gasteiger partial charge in [0.1, 0.15) is 5.15 Å². The van der Waals surface area contributed by atoms with Crippen LogP contribution in [0.15, 0.2) is 12.4 Å². The standard InChI is InChI=1S/C12H13ClN6O2/c1-21-10-3-9(13)17-12(18-10)19-11(20)7-2-6-8(4-14-7)16-5-15-6/h3,5,7,14H,2,4H2,1H3,(H,15,16)(H,17,18,19,20). The molecule has 3 heterocycles. The molecule has 0 aliphatic carbocycles. The second-order valence-electron chi connectivity index (χ2n) is 4.51. The van der Waals surface area contributed by atoms with Gasteiger partial charge >= 0.3 is 0 Å².